The molecule has 0 aromatic carbocycles. The summed E-state index contributed by atoms with van der Waals surface area (Å²) in [4.78, 5) is 24.1. The molecule has 1 amide bonds. The van der Waals surface area contributed by atoms with Crippen molar-refractivity contribution in [1.82, 2.24) is 19.4 Å². The lowest BCUT2D eigenvalue weighted by molar-refractivity contribution is -0.122. The standard InChI is InChI=1S/C29H38N6O5/c1-37-29(5-8-32(9-6-29)23-17-38-18-23)22-2-3-25(30-15-22)21-14-27-26(4-7-31-35(27)16-21)33-10-12-34(13-11-33)28(36)40-24-19-39-20-24/h2-4,7,14,16,22-24H,5-6,8-13,15,17-20H2,1H3. The number of methoxy groups -OCH3 is 1. The molecule has 5 aliphatic rings. The van der Waals surface area contributed by atoms with E-state index in [4.69, 9.17) is 23.9 Å². The third-order valence-corrected chi connectivity index (χ3v) is 9.34. The number of piperidine rings is 1. The molecule has 0 saturated carbocycles. The van der Waals surface area contributed by atoms with Gasteiger partial charge in [-0.2, -0.15) is 5.10 Å². The number of nitrogens with zero attached hydrogens (tertiary/aromatic N) is 6. The average molecular weight is 551 g/mol. The van der Waals surface area contributed by atoms with Gasteiger partial charge in [0.2, 0.25) is 0 Å². The first-order valence-electron chi connectivity index (χ1n) is 14.5. The first kappa shape index (κ1) is 25.9. The van der Waals surface area contributed by atoms with E-state index in [2.05, 4.69) is 45.4 Å². The largest absolute Gasteiger partial charge is 0.441 e. The Bertz CT molecular complexity index is 1290. The SMILES string of the molecule is COC1(C2C=CC(c3cc4c(N5CCN(C(=O)OC6COC6)CC5)ccnn4c3)=NC2)CCN(C2COC2)CC1. The Labute approximate surface area is 234 Å². The lowest BCUT2D eigenvalue weighted by atomic mass is 9.77. The fraction of sp³-hybridized carbons (Fsp3) is 0.621. The molecule has 7 rings (SSSR count). The molecule has 7 heterocycles. The van der Waals surface area contributed by atoms with Crippen molar-refractivity contribution >= 4 is 23.0 Å². The van der Waals surface area contributed by atoms with Crippen LogP contribution in [0.3, 0.4) is 0 Å². The highest BCUT2D eigenvalue weighted by Gasteiger charge is 2.43. The van der Waals surface area contributed by atoms with Crippen LogP contribution in [0.5, 0.6) is 0 Å². The normalized spacial score (nSPS) is 25.9. The molecule has 2 aromatic rings. The van der Waals surface area contributed by atoms with Crippen LogP contribution >= 0.6 is 0 Å². The summed E-state index contributed by atoms with van der Waals surface area (Å²) in [6.45, 7) is 8.28. The number of hydrogen-bond donors (Lipinski definition) is 0. The monoisotopic (exact) mass is 550 g/mol. The number of amides is 1. The van der Waals surface area contributed by atoms with E-state index in [1.165, 1.54) is 0 Å². The van der Waals surface area contributed by atoms with Crippen molar-refractivity contribution in [2.75, 3.05) is 84.3 Å². The van der Waals surface area contributed by atoms with Gasteiger partial charge in [-0.05, 0) is 31.1 Å². The predicted octanol–water partition coefficient (Wildman–Crippen LogP) is 1.85. The van der Waals surface area contributed by atoms with Gasteiger partial charge in [0, 0.05) is 76.8 Å². The summed E-state index contributed by atoms with van der Waals surface area (Å²) in [5, 5.41) is 4.57. The van der Waals surface area contributed by atoms with Crippen LogP contribution in [-0.2, 0) is 18.9 Å². The number of hydrogen-bond acceptors (Lipinski definition) is 9. The molecule has 40 heavy (non-hydrogen) atoms. The van der Waals surface area contributed by atoms with Crippen molar-refractivity contribution in [3.8, 4) is 0 Å². The highest BCUT2D eigenvalue weighted by molar-refractivity contribution is 6.10. The topological polar surface area (TPSA) is 93.4 Å². The minimum Gasteiger partial charge on any atom is -0.441 e. The van der Waals surface area contributed by atoms with Gasteiger partial charge in [0.25, 0.3) is 0 Å². The van der Waals surface area contributed by atoms with Crippen LogP contribution in [0.15, 0.2) is 41.7 Å². The summed E-state index contributed by atoms with van der Waals surface area (Å²) in [5.41, 5.74) is 4.04. The Morgan fingerprint density at radius 3 is 2.45 bits per heavy atom. The van der Waals surface area contributed by atoms with E-state index in [1.807, 2.05) is 17.8 Å². The molecule has 1 unspecified atom stereocenters. The number of likely N-dealkylation sites (tertiary alicyclic amines) is 1. The summed E-state index contributed by atoms with van der Waals surface area (Å²) < 4.78 is 24.1. The zero-order chi connectivity index (χ0) is 27.1. The van der Waals surface area contributed by atoms with E-state index in [9.17, 15) is 4.79 Å². The zero-order valence-corrected chi connectivity index (χ0v) is 23.1. The van der Waals surface area contributed by atoms with Crippen LogP contribution < -0.4 is 4.90 Å². The lowest BCUT2D eigenvalue weighted by Gasteiger charge is -2.48. The van der Waals surface area contributed by atoms with Gasteiger partial charge in [-0.1, -0.05) is 6.08 Å². The fourth-order valence-electron chi connectivity index (χ4n) is 6.51. The third-order valence-electron chi connectivity index (χ3n) is 9.34. The zero-order valence-electron chi connectivity index (χ0n) is 23.1. The smallest absolute Gasteiger partial charge is 0.410 e. The van der Waals surface area contributed by atoms with E-state index in [0.717, 1.165) is 81.3 Å². The molecule has 2 aromatic heterocycles. The highest BCUT2D eigenvalue weighted by atomic mass is 16.6. The molecule has 5 aliphatic heterocycles. The maximum absolute atomic E-state index is 12.4. The number of aromatic nitrogens is 2. The second-order valence-electron chi connectivity index (χ2n) is 11.5. The average Bonchev–Trinajstić information content (AvgIpc) is 3.39. The van der Waals surface area contributed by atoms with Crippen LogP contribution in [0.1, 0.15) is 18.4 Å². The summed E-state index contributed by atoms with van der Waals surface area (Å²) in [5.74, 6) is 0.270. The number of carbonyl (C=O) groups is 1. The number of piperazine rings is 1. The first-order valence-corrected chi connectivity index (χ1v) is 14.5. The summed E-state index contributed by atoms with van der Waals surface area (Å²) >= 11 is 0. The van der Waals surface area contributed by atoms with Gasteiger partial charge < -0.3 is 28.7 Å². The number of allylic oxidation sites excluding steroid dienone is 1. The predicted molar refractivity (Wildman–Crippen MR) is 149 cm³/mol. The molecule has 0 radical (unpaired) electrons. The van der Waals surface area contributed by atoms with Crippen molar-refractivity contribution in [2.45, 2.75) is 30.6 Å². The number of rotatable bonds is 6. The van der Waals surface area contributed by atoms with E-state index in [1.54, 1.807) is 4.90 Å². The minimum atomic E-state index is -0.244. The minimum absolute atomic E-state index is 0.0999. The van der Waals surface area contributed by atoms with E-state index in [0.29, 0.717) is 32.3 Å². The molecule has 4 fully saturated rings. The lowest BCUT2D eigenvalue weighted by Crippen LogP contribution is -2.57. The van der Waals surface area contributed by atoms with Gasteiger partial charge in [-0.15, -0.1) is 0 Å². The van der Waals surface area contributed by atoms with Crippen LogP contribution in [0.4, 0.5) is 10.5 Å². The Morgan fingerprint density at radius 2 is 1.82 bits per heavy atom. The molecular formula is C29H38N6O5. The van der Waals surface area contributed by atoms with Crippen LogP contribution in [-0.4, -0.2) is 128 Å². The molecular weight excluding hydrogens is 512 g/mol. The van der Waals surface area contributed by atoms with Crippen LogP contribution in [0, 0.1) is 5.92 Å². The maximum atomic E-state index is 12.4. The molecule has 1 atom stereocenters. The Kier molecular flexibility index (Phi) is 6.99. The van der Waals surface area contributed by atoms with E-state index < -0.39 is 0 Å². The Hall–Kier alpha value is -2.99. The van der Waals surface area contributed by atoms with Crippen molar-refractivity contribution in [3.63, 3.8) is 0 Å². The second-order valence-corrected chi connectivity index (χ2v) is 11.5. The van der Waals surface area contributed by atoms with Gasteiger partial charge in [-0.25, -0.2) is 9.31 Å². The van der Waals surface area contributed by atoms with Gasteiger partial charge >= 0.3 is 6.09 Å². The number of fused-ring (bicyclic) bond motifs is 1. The molecule has 11 nitrogen and oxygen atoms in total. The number of anilines is 1. The fourth-order valence-corrected chi connectivity index (χ4v) is 6.51. The van der Waals surface area contributed by atoms with Gasteiger partial charge in [-0.3, -0.25) is 9.89 Å². The van der Waals surface area contributed by atoms with Crippen molar-refractivity contribution in [3.05, 3.63) is 42.2 Å². The molecule has 0 N–H and O–H groups in total. The molecule has 0 spiro atoms. The highest BCUT2D eigenvalue weighted by Crippen LogP contribution is 2.37. The molecule has 4 saturated heterocycles. The van der Waals surface area contributed by atoms with Gasteiger partial charge in [0.05, 0.1) is 55.0 Å². The maximum Gasteiger partial charge on any atom is 0.410 e. The number of aliphatic imine (C=N–C) groups is 1. The Balaban J connectivity index is 1.01. The first-order chi connectivity index (χ1) is 19.6. The number of carbonyl (C=O) groups excluding carboxylic acids is 1. The van der Waals surface area contributed by atoms with Crippen molar-refractivity contribution < 1.29 is 23.7 Å². The van der Waals surface area contributed by atoms with Crippen molar-refractivity contribution in [2.24, 2.45) is 10.9 Å². The molecule has 11 heteroatoms. The van der Waals surface area contributed by atoms with Gasteiger partial charge in [0.15, 0.2) is 6.10 Å². The van der Waals surface area contributed by atoms with Gasteiger partial charge in [0.1, 0.15) is 0 Å². The van der Waals surface area contributed by atoms with Crippen LogP contribution in [0.2, 0.25) is 0 Å². The second kappa shape index (κ2) is 10.8. The van der Waals surface area contributed by atoms with Crippen LogP contribution in [0.25, 0.3) is 5.52 Å². The molecule has 0 aliphatic carbocycles. The molecule has 214 valence electrons. The summed E-state index contributed by atoms with van der Waals surface area (Å²) in [7, 11) is 1.86. The quantitative estimate of drug-likeness (QED) is 0.538. The number of dihydropyridines is 1. The van der Waals surface area contributed by atoms with Crippen molar-refractivity contribution in [1.29, 1.82) is 0 Å². The van der Waals surface area contributed by atoms with E-state index in [-0.39, 0.29) is 23.7 Å². The third kappa shape index (κ3) is 4.78. The summed E-state index contributed by atoms with van der Waals surface area (Å²) in [6, 6.07) is 4.81. The number of ether oxygens (including phenoxy) is 4. The molecule has 0 bridgehead atoms. The Morgan fingerprint density at radius 1 is 1.05 bits per heavy atom. The van der Waals surface area contributed by atoms with E-state index >= 15 is 0 Å². The summed E-state index contributed by atoms with van der Waals surface area (Å²) in [6.07, 6.45) is 10.0.